The zero-order chi connectivity index (χ0) is 29.0. The first-order valence-corrected chi connectivity index (χ1v) is 13.5. The highest BCUT2D eigenvalue weighted by molar-refractivity contribution is 6.42. The number of aliphatic hydroxyl groups is 2. The van der Waals surface area contributed by atoms with Crippen molar-refractivity contribution in [3.8, 4) is 11.5 Å². The number of halogens is 2. The first kappa shape index (κ1) is 29.6. The quantitative estimate of drug-likeness (QED) is 0.287. The molecule has 0 radical (unpaired) electrons. The largest absolute Gasteiger partial charge is 0.493 e. The Morgan fingerprint density at radius 1 is 1.20 bits per heavy atom. The fourth-order valence-electron chi connectivity index (χ4n) is 5.04. The Hall–Kier alpha value is -3.37. The maximum absolute atomic E-state index is 13.5. The van der Waals surface area contributed by atoms with Crippen LogP contribution in [0.25, 0.3) is 0 Å². The van der Waals surface area contributed by atoms with Crippen LogP contribution < -0.4 is 14.8 Å². The van der Waals surface area contributed by atoms with E-state index >= 15 is 0 Å². The lowest BCUT2D eigenvalue weighted by Gasteiger charge is -2.40. The van der Waals surface area contributed by atoms with Crippen molar-refractivity contribution in [3.05, 3.63) is 80.9 Å². The van der Waals surface area contributed by atoms with Crippen LogP contribution in [0, 0.1) is 0 Å². The Morgan fingerprint density at radius 3 is 2.62 bits per heavy atom. The van der Waals surface area contributed by atoms with Crippen LogP contribution in [0.2, 0.25) is 10.0 Å². The van der Waals surface area contributed by atoms with E-state index in [2.05, 4.69) is 5.32 Å². The summed E-state index contributed by atoms with van der Waals surface area (Å²) in [5.74, 6) is -1.07. The Morgan fingerprint density at radius 2 is 1.98 bits per heavy atom. The van der Waals surface area contributed by atoms with Crippen LogP contribution in [0.3, 0.4) is 0 Å². The van der Waals surface area contributed by atoms with Gasteiger partial charge in [-0.2, -0.15) is 0 Å². The maximum atomic E-state index is 13.5. The zero-order valence-corrected chi connectivity index (χ0v) is 23.5. The number of aliphatic hydroxyl groups excluding tert-OH is 2. The molecule has 4 atom stereocenters. The van der Waals surface area contributed by atoms with Crippen molar-refractivity contribution in [1.29, 1.82) is 0 Å². The Kier molecular flexibility index (Phi) is 9.52. The molecule has 4 unspecified atom stereocenters. The zero-order valence-electron chi connectivity index (χ0n) is 22.0. The molecule has 2 amide bonds. The highest BCUT2D eigenvalue weighted by atomic mass is 35.5. The number of nitrogens with one attached hydrogen (secondary N) is 1. The van der Waals surface area contributed by atoms with Crippen LogP contribution in [0.5, 0.6) is 11.5 Å². The van der Waals surface area contributed by atoms with E-state index in [1.807, 2.05) is 6.92 Å². The standard InChI is InChI=1S/C29H30Cl2N2O7/c1-3-4-5-24(36)33(14-16-6-7-20(30)21(31)11-16)22-13-19(29(38)32-8-9-34)25-18-10-17(15-35)12-23(39-2)27(18)40-28(25)26(22)37/h4-7,10-13,15,22,25-26,28,34,37H,3,8-9,14H2,1-2H3,(H,32,38). The topological polar surface area (TPSA) is 125 Å². The number of ether oxygens (including phenoxy) is 2. The van der Waals surface area contributed by atoms with E-state index < -0.39 is 36.0 Å². The van der Waals surface area contributed by atoms with E-state index in [-0.39, 0.29) is 31.0 Å². The van der Waals surface area contributed by atoms with Gasteiger partial charge in [0.15, 0.2) is 11.5 Å². The number of hydrogen-bond donors (Lipinski definition) is 3. The van der Waals surface area contributed by atoms with E-state index in [1.165, 1.54) is 24.2 Å². The summed E-state index contributed by atoms with van der Waals surface area (Å²) < 4.78 is 11.6. The van der Waals surface area contributed by atoms with Crippen molar-refractivity contribution in [2.75, 3.05) is 20.3 Å². The lowest BCUT2D eigenvalue weighted by atomic mass is 9.77. The van der Waals surface area contributed by atoms with E-state index in [0.29, 0.717) is 45.2 Å². The molecule has 0 bridgehead atoms. The third kappa shape index (κ3) is 5.88. The van der Waals surface area contributed by atoms with E-state index in [9.17, 15) is 24.6 Å². The summed E-state index contributed by atoms with van der Waals surface area (Å²) in [6.45, 7) is 1.66. The average molecular weight is 589 g/mol. The Labute approximate surface area is 242 Å². The number of carbonyl (C=O) groups excluding carboxylic acids is 3. The number of fused-ring (bicyclic) bond motifs is 3. The summed E-state index contributed by atoms with van der Waals surface area (Å²) >= 11 is 12.3. The van der Waals surface area contributed by atoms with Crippen molar-refractivity contribution < 1.29 is 34.1 Å². The monoisotopic (exact) mass is 588 g/mol. The van der Waals surface area contributed by atoms with Gasteiger partial charge in [-0.25, -0.2) is 0 Å². The second-order valence-corrected chi connectivity index (χ2v) is 10.2. The molecule has 11 heteroatoms. The lowest BCUT2D eigenvalue weighted by Crippen LogP contribution is -2.55. The third-order valence-corrected chi connectivity index (χ3v) is 7.63. The molecule has 212 valence electrons. The van der Waals surface area contributed by atoms with Gasteiger partial charge in [-0.05, 0) is 48.4 Å². The number of benzene rings is 2. The smallest absolute Gasteiger partial charge is 0.247 e. The highest BCUT2D eigenvalue weighted by Gasteiger charge is 2.51. The van der Waals surface area contributed by atoms with E-state index in [4.69, 9.17) is 32.7 Å². The average Bonchev–Trinajstić information content (AvgIpc) is 3.35. The molecule has 2 aromatic rings. The number of allylic oxidation sites excluding steroid dienone is 1. The van der Waals surface area contributed by atoms with Gasteiger partial charge >= 0.3 is 0 Å². The third-order valence-electron chi connectivity index (χ3n) is 6.89. The molecule has 1 heterocycles. The molecule has 1 aliphatic carbocycles. The molecule has 4 rings (SSSR count). The number of nitrogens with zero attached hydrogens (tertiary/aromatic N) is 1. The summed E-state index contributed by atoms with van der Waals surface area (Å²) in [7, 11) is 1.43. The molecule has 9 nitrogen and oxygen atoms in total. The van der Waals surface area contributed by atoms with E-state index in [1.54, 1.807) is 36.4 Å². The van der Waals surface area contributed by atoms with Gasteiger partial charge in [0.2, 0.25) is 11.8 Å². The number of aldehydes is 1. The van der Waals surface area contributed by atoms with Gasteiger partial charge in [-0.15, -0.1) is 0 Å². The summed E-state index contributed by atoms with van der Waals surface area (Å²) in [6, 6.07) is 7.11. The summed E-state index contributed by atoms with van der Waals surface area (Å²) in [4.78, 5) is 39.9. The molecular weight excluding hydrogens is 559 g/mol. The van der Waals surface area contributed by atoms with Crippen LogP contribution in [0.1, 0.15) is 40.7 Å². The van der Waals surface area contributed by atoms with Gasteiger partial charge in [0.25, 0.3) is 0 Å². The van der Waals surface area contributed by atoms with Crippen molar-refractivity contribution in [2.24, 2.45) is 0 Å². The Balaban J connectivity index is 1.83. The fourth-order valence-corrected chi connectivity index (χ4v) is 5.36. The van der Waals surface area contributed by atoms with E-state index in [0.717, 1.165) is 0 Å². The molecule has 3 N–H and O–H groups in total. The molecule has 0 saturated carbocycles. The van der Waals surface area contributed by atoms with Crippen LogP contribution in [-0.2, 0) is 16.1 Å². The van der Waals surface area contributed by atoms with Gasteiger partial charge in [-0.3, -0.25) is 14.4 Å². The minimum absolute atomic E-state index is 0.00263. The molecule has 0 spiro atoms. The second-order valence-electron chi connectivity index (χ2n) is 9.43. The molecule has 0 saturated heterocycles. The Bertz CT molecular complexity index is 1360. The van der Waals surface area contributed by atoms with Crippen molar-refractivity contribution in [2.45, 2.75) is 44.1 Å². The first-order valence-electron chi connectivity index (χ1n) is 12.8. The number of amides is 2. The molecular formula is C29H30Cl2N2O7. The molecule has 2 aromatic carbocycles. The number of carbonyl (C=O) groups is 3. The highest BCUT2D eigenvalue weighted by Crippen LogP contribution is 2.51. The number of hydrogen-bond acceptors (Lipinski definition) is 7. The maximum Gasteiger partial charge on any atom is 0.247 e. The summed E-state index contributed by atoms with van der Waals surface area (Å²) in [5, 5.41) is 24.3. The van der Waals surface area contributed by atoms with Crippen LogP contribution >= 0.6 is 23.2 Å². The molecule has 0 aromatic heterocycles. The number of rotatable bonds is 10. The van der Waals surface area contributed by atoms with Crippen molar-refractivity contribution in [1.82, 2.24) is 10.2 Å². The summed E-state index contributed by atoms with van der Waals surface area (Å²) in [6.07, 6.45) is 3.70. The van der Waals surface area contributed by atoms with Crippen LogP contribution in [-0.4, -0.2) is 71.7 Å². The first-order chi connectivity index (χ1) is 19.2. The molecule has 40 heavy (non-hydrogen) atoms. The van der Waals surface area contributed by atoms with Gasteiger partial charge in [0, 0.05) is 29.8 Å². The SMILES string of the molecule is CCC=CC(=O)N(Cc1ccc(Cl)c(Cl)c1)C1C=C(C(=O)NCCO)C2c3cc(C=O)cc(OC)c3OC2C1O. The fraction of sp³-hybridized carbons (Fsp3) is 0.345. The van der Waals surface area contributed by atoms with Gasteiger partial charge in [-0.1, -0.05) is 42.3 Å². The minimum Gasteiger partial charge on any atom is -0.493 e. The summed E-state index contributed by atoms with van der Waals surface area (Å²) in [5.41, 5.74) is 1.70. The number of methoxy groups -OCH3 is 1. The van der Waals surface area contributed by atoms with Crippen LogP contribution in [0.15, 0.2) is 54.1 Å². The molecule has 1 aliphatic heterocycles. The van der Waals surface area contributed by atoms with Gasteiger partial charge in [0.1, 0.15) is 18.5 Å². The minimum atomic E-state index is -1.27. The second kappa shape index (κ2) is 12.9. The predicted molar refractivity (Wildman–Crippen MR) is 150 cm³/mol. The normalized spacial score (nSPS) is 21.2. The van der Waals surface area contributed by atoms with Crippen LogP contribution in [0.4, 0.5) is 0 Å². The molecule has 0 fully saturated rings. The van der Waals surface area contributed by atoms with Gasteiger partial charge in [0.05, 0.1) is 35.7 Å². The lowest BCUT2D eigenvalue weighted by molar-refractivity contribution is -0.133. The predicted octanol–water partition coefficient (Wildman–Crippen LogP) is 3.43. The molecule has 2 aliphatic rings. The van der Waals surface area contributed by atoms with Gasteiger partial charge < -0.3 is 29.9 Å². The van der Waals surface area contributed by atoms with Crippen molar-refractivity contribution >= 4 is 41.3 Å². The van der Waals surface area contributed by atoms with Crippen molar-refractivity contribution in [3.63, 3.8) is 0 Å².